The molecule has 0 spiro atoms. The van der Waals surface area contributed by atoms with Crippen LogP contribution in [0.2, 0.25) is 0 Å². The highest BCUT2D eigenvalue weighted by Crippen LogP contribution is 2.21. The summed E-state index contributed by atoms with van der Waals surface area (Å²) in [5.41, 5.74) is 4.33. The van der Waals surface area contributed by atoms with E-state index in [2.05, 4.69) is 56.5 Å². The van der Waals surface area contributed by atoms with Gasteiger partial charge in [0.15, 0.2) is 11.7 Å². The number of hydrogen-bond donors (Lipinski definition) is 2. The first kappa shape index (κ1) is 23.5. The number of benzene rings is 2. The molecule has 166 valence electrons. The van der Waals surface area contributed by atoms with Gasteiger partial charge in [0.05, 0.1) is 31.2 Å². The van der Waals surface area contributed by atoms with E-state index in [9.17, 15) is 0 Å². The quantitative estimate of drug-likeness (QED) is 0.207. The van der Waals surface area contributed by atoms with Crippen molar-refractivity contribution in [3.05, 3.63) is 84.3 Å². The van der Waals surface area contributed by atoms with Crippen molar-refractivity contribution in [2.75, 3.05) is 14.1 Å². The van der Waals surface area contributed by atoms with Gasteiger partial charge in [0.25, 0.3) is 0 Å². The SMILES string of the molecule is CN=C(NCc1ncc(-c2ccc(C)cc2)o1)N(C)Cc1ncc(-c2ccccc2)[nH]1.I. The molecule has 0 aliphatic carbocycles. The number of H-pyrrole nitrogens is 1. The van der Waals surface area contributed by atoms with Crippen LogP contribution in [0, 0.1) is 6.92 Å². The number of aromatic amines is 1. The molecule has 0 aliphatic heterocycles. The zero-order valence-corrected chi connectivity index (χ0v) is 20.7. The molecule has 0 fully saturated rings. The summed E-state index contributed by atoms with van der Waals surface area (Å²) >= 11 is 0. The molecule has 0 unspecified atom stereocenters. The van der Waals surface area contributed by atoms with Crippen LogP contribution in [-0.4, -0.2) is 39.9 Å². The van der Waals surface area contributed by atoms with Crippen molar-refractivity contribution in [2.45, 2.75) is 20.0 Å². The fourth-order valence-corrected chi connectivity index (χ4v) is 3.29. The molecule has 2 aromatic carbocycles. The Labute approximate surface area is 205 Å². The van der Waals surface area contributed by atoms with Gasteiger partial charge in [-0.05, 0) is 12.5 Å². The maximum absolute atomic E-state index is 5.89. The molecule has 2 heterocycles. The highest BCUT2D eigenvalue weighted by atomic mass is 127. The molecular weight excluding hydrogens is 515 g/mol. The molecule has 2 aromatic heterocycles. The van der Waals surface area contributed by atoms with Crippen LogP contribution >= 0.6 is 24.0 Å². The number of hydrogen-bond acceptors (Lipinski definition) is 4. The topological polar surface area (TPSA) is 82.3 Å². The van der Waals surface area contributed by atoms with Crippen molar-refractivity contribution in [1.82, 2.24) is 25.2 Å². The Hall–Kier alpha value is -3.14. The summed E-state index contributed by atoms with van der Waals surface area (Å²) in [5, 5.41) is 3.30. The first-order valence-corrected chi connectivity index (χ1v) is 10.1. The second-order valence-electron chi connectivity index (χ2n) is 7.35. The van der Waals surface area contributed by atoms with Crippen LogP contribution in [0.1, 0.15) is 17.3 Å². The summed E-state index contributed by atoms with van der Waals surface area (Å²) in [6.45, 7) is 3.09. The minimum absolute atomic E-state index is 0. The van der Waals surface area contributed by atoms with Crippen molar-refractivity contribution in [3.8, 4) is 22.6 Å². The van der Waals surface area contributed by atoms with E-state index in [1.54, 1.807) is 13.2 Å². The zero-order chi connectivity index (χ0) is 21.6. The van der Waals surface area contributed by atoms with Gasteiger partial charge in [0.1, 0.15) is 5.82 Å². The summed E-state index contributed by atoms with van der Waals surface area (Å²) in [6.07, 6.45) is 3.61. The zero-order valence-electron chi connectivity index (χ0n) is 18.4. The first-order chi connectivity index (χ1) is 15.1. The lowest BCUT2D eigenvalue weighted by Gasteiger charge is -2.20. The average molecular weight is 542 g/mol. The van der Waals surface area contributed by atoms with E-state index >= 15 is 0 Å². The molecule has 0 atom stereocenters. The predicted octanol–water partition coefficient (Wildman–Crippen LogP) is 4.87. The maximum atomic E-state index is 5.89. The van der Waals surface area contributed by atoms with Gasteiger partial charge in [0.2, 0.25) is 5.89 Å². The number of oxazole rings is 1. The van der Waals surface area contributed by atoms with Gasteiger partial charge in [-0.1, -0.05) is 60.2 Å². The molecular formula is C24H27IN6O. The Kier molecular flexibility index (Phi) is 8.04. The van der Waals surface area contributed by atoms with Crippen LogP contribution in [0.3, 0.4) is 0 Å². The molecule has 32 heavy (non-hydrogen) atoms. The second kappa shape index (κ2) is 10.9. The number of imidazole rings is 1. The summed E-state index contributed by atoms with van der Waals surface area (Å²) in [7, 11) is 3.72. The molecule has 0 radical (unpaired) electrons. The van der Waals surface area contributed by atoms with E-state index < -0.39 is 0 Å². The third-order valence-corrected chi connectivity index (χ3v) is 4.96. The number of aliphatic imine (C=N–C) groups is 1. The minimum atomic E-state index is 0. The van der Waals surface area contributed by atoms with Crippen LogP contribution in [0.25, 0.3) is 22.6 Å². The van der Waals surface area contributed by atoms with E-state index in [0.717, 1.165) is 34.4 Å². The normalized spacial score (nSPS) is 11.2. The van der Waals surface area contributed by atoms with Gasteiger partial charge in [0, 0.05) is 19.7 Å². The maximum Gasteiger partial charge on any atom is 0.214 e. The summed E-state index contributed by atoms with van der Waals surface area (Å²) in [5.74, 6) is 2.95. The van der Waals surface area contributed by atoms with Crippen LogP contribution in [-0.2, 0) is 13.1 Å². The smallest absolute Gasteiger partial charge is 0.214 e. The number of nitrogens with one attached hydrogen (secondary N) is 2. The van der Waals surface area contributed by atoms with Gasteiger partial charge >= 0.3 is 0 Å². The Morgan fingerprint density at radius 1 is 1.03 bits per heavy atom. The third-order valence-electron chi connectivity index (χ3n) is 4.96. The second-order valence-corrected chi connectivity index (χ2v) is 7.35. The van der Waals surface area contributed by atoms with Gasteiger partial charge in [-0.25, -0.2) is 9.97 Å². The number of halogens is 1. The van der Waals surface area contributed by atoms with Crippen molar-refractivity contribution in [1.29, 1.82) is 0 Å². The fourth-order valence-electron chi connectivity index (χ4n) is 3.29. The van der Waals surface area contributed by atoms with Gasteiger partial charge in [-0.2, -0.15) is 0 Å². The van der Waals surface area contributed by atoms with Crippen molar-refractivity contribution in [3.63, 3.8) is 0 Å². The van der Waals surface area contributed by atoms with Gasteiger partial charge in [-0.15, -0.1) is 24.0 Å². The third kappa shape index (κ3) is 5.76. The molecule has 0 saturated heterocycles. The van der Waals surface area contributed by atoms with E-state index in [1.807, 2.05) is 48.5 Å². The molecule has 0 saturated carbocycles. The summed E-state index contributed by atoms with van der Waals surface area (Å²) in [4.78, 5) is 18.6. The summed E-state index contributed by atoms with van der Waals surface area (Å²) < 4.78 is 5.89. The molecule has 7 nitrogen and oxygen atoms in total. The van der Waals surface area contributed by atoms with E-state index in [4.69, 9.17) is 4.42 Å². The van der Waals surface area contributed by atoms with E-state index in [0.29, 0.717) is 19.0 Å². The predicted molar refractivity (Wildman–Crippen MR) is 138 cm³/mol. The number of guanidine groups is 1. The molecule has 0 bridgehead atoms. The molecule has 4 rings (SSSR count). The number of aromatic nitrogens is 3. The number of rotatable bonds is 6. The van der Waals surface area contributed by atoms with Crippen LogP contribution in [0.15, 0.2) is 76.4 Å². The molecule has 0 amide bonds. The van der Waals surface area contributed by atoms with E-state index in [-0.39, 0.29) is 24.0 Å². The largest absolute Gasteiger partial charge is 0.439 e. The Morgan fingerprint density at radius 3 is 2.50 bits per heavy atom. The first-order valence-electron chi connectivity index (χ1n) is 10.1. The minimum Gasteiger partial charge on any atom is -0.439 e. The van der Waals surface area contributed by atoms with Crippen LogP contribution < -0.4 is 5.32 Å². The Morgan fingerprint density at radius 2 is 1.78 bits per heavy atom. The monoisotopic (exact) mass is 542 g/mol. The van der Waals surface area contributed by atoms with Crippen molar-refractivity contribution < 1.29 is 4.42 Å². The Bertz CT molecular complexity index is 1150. The highest BCUT2D eigenvalue weighted by Gasteiger charge is 2.12. The Balaban J connectivity index is 0.00000289. The van der Waals surface area contributed by atoms with Gasteiger partial charge in [-0.3, -0.25) is 4.99 Å². The fraction of sp³-hybridized carbons (Fsp3) is 0.208. The lowest BCUT2D eigenvalue weighted by atomic mass is 10.1. The van der Waals surface area contributed by atoms with Gasteiger partial charge < -0.3 is 19.6 Å². The van der Waals surface area contributed by atoms with Crippen molar-refractivity contribution >= 4 is 29.9 Å². The van der Waals surface area contributed by atoms with Crippen molar-refractivity contribution in [2.24, 2.45) is 4.99 Å². The summed E-state index contributed by atoms with van der Waals surface area (Å²) in [6, 6.07) is 18.3. The average Bonchev–Trinajstić information content (AvgIpc) is 3.45. The number of nitrogens with zero attached hydrogens (tertiary/aromatic N) is 4. The highest BCUT2D eigenvalue weighted by molar-refractivity contribution is 14.0. The van der Waals surface area contributed by atoms with Crippen LogP contribution in [0.4, 0.5) is 0 Å². The standard InChI is InChI=1S/C24H26N6O.HI/c1-17-9-11-19(12-10-17)21-14-27-23(31-21)15-28-24(25-2)30(3)16-22-26-13-20(29-22)18-7-5-4-6-8-18;/h4-14H,15-16H2,1-3H3,(H,25,28)(H,26,29);1H. The van der Waals surface area contributed by atoms with E-state index in [1.165, 1.54) is 5.56 Å². The molecule has 2 N–H and O–H groups in total. The lowest BCUT2D eigenvalue weighted by molar-refractivity contribution is 0.448. The molecule has 0 aliphatic rings. The van der Waals surface area contributed by atoms with Crippen LogP contribution in [0.5, 0.6) is 0 Å². The number of aryl methyl sites for hydroxylation is 1. The molecule has 8 heteroatoms. The lowest BCUT2D eigenvalue weighted by Crippen LogP contribution is -2.38. The molecule has 4 aromatic rings.